The third kappa shape index (κ3) is 6.16. The number of carbonyl (C=O) groups excluding carboxylic acids is 1. The summed E-state index contributed by atoms with van der Waals surface area (Å²) in [7, 11) is 0. The molecular weight excluding hydrogens is 595 g/mol. The lowest BCUT2D eigenvalue weighted by Crippen LogP contribution is -2.39. The SMILES string of the molecule is CCOC(=O)C1=C(C)N=c2s/c(=C\c3cc(Cl)c(OCc4ccc(Cl)cc4)c(OCC)c3)c(=O)n2[C@@H]1c1ccccc1. The van der Waals surface area contributed by atoms with Gasteiger partial charge in [-0.1, -0.05) is 77.0 Å². The zero-order chi connectivity index (χ0) is 29.8. The lowest BCUT2D eigenvalue weighted by Gasteiger charge is -2.24. The summed E-state index contributed by atoms with van der Waals surface area (Å²) < 4.78 is 19.2. The lowest BCUT2D eigenvalue weighted by atomic mass is 9.96. The van der Waals surface area contributed by atoms with Crippen molar-refractivity contribution in [1.29, 1.82) is 0 Å². The van der Waals surface area contributed by atoms with Crippen molar-refractivity contribution in [3.8, 4) is 11.5 Å². The first-order chi connectivity index (χ1) is 20.3. The van der Waals surface area contributed by atoms with E-state index in [2.05, 4.69) is 4.99 Å². The molecule has 0 radical (unpaired) electrons. The van der Waals surface area contributed by atoms with Gasteiger partial charge in [-0.3, -0.25) is 9.36 Å². The van der Waals surface area contributed by atoms with Crippen LogP contribution in [-0.2, 0) is 16.1 Å². The van der Waals surface area contributed by atoms with Crippen LogP contribution in [0, 0.1) is 0 Å². The third-order valence-electron chi connectivity index (χ3n) is 6.56. The van der Waals surface area contributed by atoms with E-state index in [1.807, 2.05) is 49.4 Å². The molecule has 3 aromatic carbocycles. The Morgan fingerprint density at radius 3 is 2.45 bits per heavy atom. The van der Waals surface area contributed by atoms with Crippen molar-refractivity contribution in [2.24, 2.45) is 4.99 Å². The summed E-state index contributed by atoms with van der Waals surface area (Å²) in [4.78, 5) is 32.0. The molecule has 7 nitrogen and oxygen atoms in total. The Balaban J connectivity index is 1.57. The van der Waals surface area contributed by atoms with E-state index < -0.39 is 12.0 Å². The topological polar surface area (TPSA) is 79.1 Å². The van der Waals surface area contributed by atoms with E-state index in [1.54, 1.807) is 48.8 Å². The maximum absolute atomic E-state index is 13.9. The van der Waals surface area contributed by atoms with Crippen LogP contribution >= 0.6 is 34.5 Å². The Kier molecular flexibility index (Phi) is 9.16. The van der Waals surface area contributed by atoms with Crippen LogP contribution in [0.25, 0.3) is 6.08 Å². The number of nitrogens with zero attached hydrogens (tertiary/aromatic N) is 2. The van der Waals surface area contributed by atoms with Crippen LogP contribution in [-0.4, -0.2) is 23.8 Å². The number of hydrogen-bond donors (Lipinski definition) is 0. The fourth-order valence-corrected chi connectivity index (χ4v) is 6.15. The number of halogens is 2. The molecule has 5 rings (SSSR count). The Bertz CT molecular complexity index is 1830. The molecule has 216 valence electrons. The first-order valence-corrected chi connectivity index (χ1v) is 15.0. The molecule has 0 unspecified atom stereocenters. The van der Waals surface area contributed by atoms with E-state index in [4.69, 9.17) is 37.4 Å². The van der Waals surface area contributed by atoms with Gasteiger partial charge >= 0.3 is 5.97 Å². The Morgan fingerprint density at radius 1 is 1.02 bits per heavy atom. The van der Waals surface area contributed by atoms with Gasteiger partial charge in [-0.15, -0.1) is 0 Å². The van der Waals surface area contributed by atoms with Crippen molar-refractivity contribution in [3.63, 3.8) is 0 Å². The minimum atomic E-state index is -0.671. The molecule has 0 spiro atoms. The van der Waals surface area contributed by atoms with Gasteiger partial charge in [0.15, 0.2) is 16.3 Å². The van der Waals surface area contributed by atoms with Crippen molar-refractivity contribution >= 4 is 46.6 Å². The minimum Gasteiger partial charge on any atom is -0.490 e. The van der Waals surface area contributed by atoms with E-state index in [1.165, 1.54) is 11.3 Å². The second-order valence-electron chi connectivity index (χ2n) is 9.39. The Hall–Kier alpha value is -3.85. The number of rotatable bonds is 9. The molecule has 0 aliphatic carbocycles. The second kappa shape index (κ2) is 13.0. The molecule has 0 saturated carbocycles. The quantitative estimate of drug-likeness (QED) is 0.211. The largest absolute Gasteiger partial charge is 0.490 e. The van der Waals surface area contributed by atoms with Gasteiger partial charge in [0, 0.05) is 5.02 Å². The van der Waals surface area contributed by atoms with E-state index in [0.717, 1.165) is 11.1 Å². The van der Waals surface area contributed by atoms with Gasteiger partial charge in [-0.25, -0.2) is 9.79 Å². The number of benzene rings is 3. The van der Waals surface area contributed by atoms with Gasteiger partial charge in [-0.2, -0.15) is 0 Å². The van der Waals surface area contributed by atoms with Crippen LogP contribution in [0.1, 0.15) is 43.5 Å². The van der Waals surface area contributed by atoms with Crippen LogP contribution in [0.4, 0.5) is 0 Å². The Labute approximate surface area is 256 Å². The van der Waals surface area contributed by atoms with Crippen molar-refractivity contribution in [1.82, 2.24) is 4.57 Å². The third-order valence-corrected chi connectivity index (χ3v) is 8.07. The monoisotopic (exact) mass is 622 g/mol. The summed E-state index contributed by atoms with van der Waals surface area (Å²) in [6.07, 6.45) is 1.74. The number of esters is 1. The average molecular weight is 624 g/mol. The number of carbonyl (C=O) groups is 1. The van der Waals surface area contributed by atoms with Gasteiger partial charge in [0.1, 0.15) is 6.61 Å². The standard InChI is InChI=1S/C32H28Cl2N2O5S/c1-4-39-25-16-21(15-24(34)29(25)41-18-20-11-13-23(33)14-12-20)17-26-30(37)36-28(22-9-7-6-8-10-22)27(31(38)40-5-2)19(3)35-32(36)42-26/h6-17,28H,4-5,18H2,1-3H3/b26-17-/t28-/m1/s1. The molecule has 0 N–H and O–H groups in total. The smallest absolute Gasteiger partial charge is 0.338 e. The van der Waals surface area contributed by atoms with Crippen molar-refractivity contribution in [2.75, 3.05) is 13.2 Å². The number of thiazole rings is 1. The van der Waals surface area contributed by atoms with Gasteiger partial charge in [0.25, 0.3) is 5.56 Å². The summed E-state index contributed by atoms with van der Waals surface area (Å²) in [5.41, 5.74) is 2.94. The zero-order valence-corrected chi connectivity index (χ0v) is 25.6. The van der Waals surface area contributed by atoms with Crippen LogP contribution in [0.5, 0.6) is 11.5 Å². The number of allylic oxidation sites excluding steroid dienone is 1. The van der Waals surface area contributed by atoms with Gasteiger partial charge in [0.05, 0.1) is 40.1 Å². The highest BCUT2D eigenvalue weighted by atomic mass is 35.5. The molecule has 1 aliphatic rings. The van der Waals surface area contributed by atoms with Gasteiger partial charge in [0.2, 0.25) is 0 Å². The van der Waals surface area contributed by atoms with Gasteiger partial charge < -0.3 is 14.2 Å². The predicted molar refractivity (Wildman–Crippen MR) is 165 cm³/mol. The van der Waals surface area contributed by atoms with E-state index in [0.29, 0.717) is 54.3 Å². The molecule has 10 heteroatoms. The summed E-state index contributed by atoms with van der Waals surface area (Å²) in [5.74, 6) is 0.371. The number of ether oxygens (including phenoxy) is 3. The predicted octanol–water partition coefficient (Wildman–Crippen LogP) is 6.08. The number of aromatic nitrogens is 1. The molecule has 2 heterocycles. The molecule has 0 amide bonds. The van der Waals surface area contributed by atoms with E-state index in [9.17, 15) is 9.59 Å². The summed E-state index contributed by atoms with van der Waals surface area (Å²) in [6, 6.07) is 19.6. The number of hydrogen-bond acceptors (Lipinski definition) is 7. The van der Waals surface area contributed by atoms with E-state index >= 15 is 0 Å². The molecule has 1 aliphatic heterocycles. The molecule has 0 bridgehead atoms. The fourth-order valence-electron chi connectivity index (χ4n) is 4.70. The lowest BCUT2D eigenvalue weighted by molar-refractivity contribution is -0.139. The zero-order valence-electron chi connectivity index (χ0n) is 23.2. The molecule has 1 atom stereocenters. The first kappa shape index (κ1) is 29.6. The summed E-state index contributed by atoms with van der Waals surface area (Å²) in [5, 5.41) is 0.986. The van der Waals surface area contributed by atoms with Gasteiger partial charge in [-0.05, 0) is 67.8 Å². The highest BCUT2D eigenvalue weighted by molar-refractivity contribution is 7.07. The van der Waals surface area contributed by atoms with Crippen molar-refractivity contribution < 1.29 is 19.0 Å². The Morgan fingerprint density at radius 2 is 1.76 bits per heavy atom. The van der Waals surface area contributed by atoms with E-state index in [-0.39, 0.29) is 18.8 Å². The van der Waals surface area contributed by atoms with Crippen molar-refractivity contribution in [2.45, 2.75) is 33.4 Å². The van der Waals surface area contributed by atoms with Crippen LogP contribution in [0.3, 0.4) is 0 Å². The molecule has 0 saturated heterocycles. The minimum absolute atomic E-state index is 0.212. The van der Waals surface area contributed by atoms with Crippen LogP contribution in [0.15, 0.2) is 87.8 Å². The highest BCUT2D eigenvalue weighted by Gasteiger charge is 2.33. The maximum atomic E-state index is 13.9. The molecule has 1 aromatic heterocycles. The molecular formula is C32H28Cl2N2O5S. The molecule has 0 fully saturated rings. The highest BCUT2D eigenvalue weighted by Crippen LogP contribution is 2.37. The summed E-state index contributed by atoms with van der Waals surface area (Å²) in [6.45, 7) is 6.26. The normalized spacial score (nSPS) is 14.8. The van der Waals surface area contributed by atoms with Crippen LogP contribution in [0.2, 0.25) is 10.0 Å². The van der Waals surface area contributed by atoms with Crippen molar-refractivity contribution in [3.05, 3.63) is 124 Å². The van der Waals surface area contributed by atoms with Crippen LogP contribution < -0.4 is 24.4 Å². The first-order valence-electron chi connectivity index (χ1n) is 13.4. The fraction of sp³-hybridized carbons (Fsp3) is 0.219. The maximum Gasteiger partial charge on any atom is 0.338 e. The average Bonchev–Trinajstić information content (AvgIpc) is 3.27. The molecule has 42 heavy (non-hydrogen) atoms. The number of fused-ring (bicyclic) bond motifs is 1. The summed E-state index contributed by atoms with van der Waals surface area (Å²) >= 11 is 13.9. The second-order valence-corrected chi connectivity index (χ2v) is 11.2. The molecule has 4 aromatic rings.